The molecule has 0 atom stereocenters. The van der Waals surface area contributed by atoms with Crippen LogP contribution < -0.4 is 0 Å². The average Bonchev–Trinajstić information content (AvgIpc) is 2.83. The molecule has 1 aromatic heterocycles. The lowest BCUT2D eigenvalue weighted by Gasteiger charge is -2.24. The van der Waals surface area contributed by atoms with E-state index in [4.69, 9.17) is 0 Å². The Kier molecular flexibility index (Phi) is 3.18. The molecule has 1 aliphatic rings. The average molecular weight is 290 g/mol. The largest absolute Gasteiger partial charge is 0.361 e. The molecule has 2 heterocycles. The summed E-state index contributed by atoms with van der Waals surface area (Å²) in [7, 11) is -3.09. The molecule has 20 heavy (non-hydrogen) atoms. The molecule has 0 unspecified atom stereocenters. The number of nitrogens with one attached hydrogen (secondary N) is 1. The number of fused-ring (bicyclic) bond motifs is 1. The van der Waals surface area contributed by atoms with Crippen molar-refractivity contribution in [2.24, 2.45) is 0 Å². The number of sulfonamides is 1. The quantitative estimate of drug-likeness (QED) is 0.924. The Balaban J connectivity index is 2.00. The van der Waals surface area contributed by atoms with Gasteiger partial charge in [-0.25, -0.2) is 8.42 Å². The van der Waals surface area contributed by atoms with Crippen LogP contribution in [0.15, 0.2) is 30.5 Å². The predicted octanol–water partition coefficient (Wildman–Crippen LogP) is 2.53. The van der Waals surface area contributed by atoms with Gasteiger partial charge in [0.05, 0.1) is 6.26 Å². The Labute approximate surface area is 119 Å². The Bertz CT molecular complexity index is 787. The fraction of sp³-hybridized carbons (Fsp3) is 0.333. The lowest BCUT2D eigenvalue weighted by molar-refractivity contribution is 0.446. The highest BCUT2D eigenvalue weighted by molar-refractivity contribution is 7.88. The normalized spacial score (nSPS) is 17.4. The molecule has 0 radical (unpaired) electrons. The smallest absolute Gasteiger partial charge is 0.211 e. The minimum atomic E-state index is -3.09. The molecule has 1 aliphatic heterocycles. The van der Waals surface area contributed by atoms with Crippen LogP contribution in [-0.4, -0.2) is 37.1 Å². The summed E-state index contributed by atoms with van der Waals surface area (Å²) in [6.07, 6.45) is 6.08. The highest BCUT2D eigenvalue weighted by Crippen LogP contribution is 2.31. The van der Waals surface area contributed by atoms with Gasteiger partial charge in [0.1, 0.15) is 0 Å². The van der Waals surface area contributed by atoms with E-state index in [2.05, 4.69) is 24.0 Å². The van der Waals surface area contributed by atoms with Crippen LogP contribution in [0.1, 0.15) is 17.5 Å². The minimum absolute atomic E-state index is 0.465. The molecule has 2 aromatic rings. The van der Waals surface area contributed by atoms with Crippen molar-refractivity contribution in [2.75, 3.05) is 19.3 Å². The van der Waals surface area contributed by atoms with E-state index in [-0.39, 0.29) is 0 Å². The third-order valence-electron chi connectivity index (χ3n) is 3.90. The maximum absolute atomic E-state index is 11.5. The summed E-state index contributed by atoms with van der Waals surface area (Å²) in [5.41, 5.74) is 4.80. The van der Waals surface area contributed by atoms with E-state index >= 15 is 0 Å². The van der Waals surface area contributed by atoms with Crippen molar-refractivity contribution in [3.63, 3.8) is 0 Å². The van der Waals surface area contributed by atoms with Crippen LogP contribution in [0.25, 0.3) is 16.5 Å². The number of aryl methyl sites for hydroxylation is 1. The van der Waals surface area contributed by atoms with Crippen LogP contribution in [0.5, 0.6) is 0 Å². The molecule has 0 fully saturated rings. The Morgan fingerprint density at radius 2 is 2.10 bits per heavy atom. The zero-order valence-corrected chi connectivity index (χ0v) is 12.5. The van der Waals surface area contributed by atoms with Crippen LogP contribution in [-0.2, 0) is 10.0 Å². The van der Waals surface area contributed by atoms with Gasteiger partial charge in [-0.05, 0) is 30.5 Å². The zero-order valence-electron chi connectivity index (χ0n) is 11.7. The van der Waals surface area contributed by atoms with E-state index in [1.54, 1.807) is 0 Å². The van der Waals surface area contributed by atoms with Gasteiger partial charge in [0.2, 0.25) is 10.0 Å². The summed E-state index contributed by atoms with van der Waals surface area (Å²) in [5.74, 6) is 0. The third kappa shape index (κ3) is 2.27. The Morgan fingerprint density at radius 3 is 2.75 bits per heavy atom. The molecule has 0 amide bonds. The van der Waals surface area contributed by atoms with E-state index < -0.39 is 10.0 Å². The summed E-state index contributed by atoms with van der Waals surface area (Å²) in [6, 6.07) is 6.21. The van der Waals surface area contributed by atoms with E-state index in [0.717, 1.165) is 11.9 Å². The number of hydrogen-bond acceptors (Lipinski definition) is 2. The minimum Gasteiger partial charge on any atom is -0.361 e. The number of H-pyrrole nitrogens is 1. The first-order chi connectivity index (χ1) is 9.47. The van der Waals surface area contributed by atoms with Gasteiger partial charge in [0, 0.05) is 35.8 Å². The zero-order chi connectivity index (χ0) is 14.3. The first-order valence-electron chi connectivity index (χ1n) is 6.68. The van der Waals surface area contributed by atoms with Crippen molar-refractivity contribution in [3.05, 3.63) is 41.6 Å². The van der Waals surface area contributed by atoms with Gasteiger partial charge >= 0.3 is 0 Å². The summed E-state index contributed by atoms with van der Waals surface area (Å²) >= 11 is 0. The lowest BCUT2D eigenvalue weighted by atomic mass is 9.97. The molecular weight excluding hydrogens is 272 g/mol. The van der Waals surface area contributed by atoms with E-state index in [0.29, 0.717) is 13.1 Å². The maximum Gasteiger partial charge on any atom is 0.211 e. The summed E-state index contributed by atoms with van der Waals surface area (Å²) in [6.45, 7) is 3.13. The molecule has 4 nitrogen and oxygen atoms in total. The standard InChI is InChI=1S/C15H18N2O2S/c1-11-4-3-5-14-15(11)13(10-16-14)12-6-8-17(9-7-12)20(2,18)19/h3-6,10,16H,7-9H2,1-2H3. The van der Waals surface area contributed by atoms with Crippen molar-refractivity contribution in [2.45, 2.75) is 13.3 Å². The van der Waals surface area contributed by atoms with Gasteiger partial charge in [-0.1, -0.05) is 18.2 Å². The number of nitrogens with zero attached hydrogens (tertiary/aromatic N) is 1. The summed E-state index contributed by atoms with van der Waals surface area (Å²) in [4.78, 5) is 3.30. The lowest BCUT2D eigenvalue weighted by Crippen LogP contribution is -2.33. The molecule has 3 rings (SSSR count). The van der Waals surface area contributed by atoms with Gasteiger partial charge in [0.15, 0.2) is 0 Å². The molecule has 0 aliphatic carbocycles. The van der Waals surface area contributed by atoms with Gasteiger partial charge < -0.3 is 4.98 Å². The predicted molar refractivity (Wildman–Crippen MR) is 82.0 cm³/mol. The van der Waals surface area contributed by atoms with Crippen LogP contribution >= 0.6 is 0 Å². The maximum atomic E-state index is 11.5. The van der Waals surface area contributed by atoms with Crippen LogP contribution in [0.3, 0.4) is 0 Å². The van der Waals surface area contributed by atoms with Crippen molar-refractivity contribution >= 4 is 26.5 Å². The van der Waals surface area contributed by atoms with E-state index in [9.17, 15) is 8.42 Å². The molecule has 5 heteroatoms. The van der Waals surface area contributed by atoms with Crippen LogP contribution in [0, 0.1) is 6.92 Å². The molecule has 0 saturated carbocycles. The van der Waals surface area contributed by atoms with Crippen molar-refractivity contribution in [1.29, 1.82) is 0 Å². The van der Waals surface area contributed by atoms with Crippen LogP contribution in [0.4, 0.5) is 0 Å². The SMILES string of the molecule is Cc1cccc2[nH]cc(C3=CCN(S(C)(=O)=O)CC3)c12. The van der Waals surface area contributed by atoms with E-state index in [1.165, 1.54) is 32.6 Å². The summed E-state index contributed by atoms with van der Waals surface area (Å²) in [5, 5.41) is 1.24. The Morgan fingerprint density at radius 1 is 1.30 bits per heavy atom. The van der Waals surface area contributed by atoms with Crippen molar-refractivity contribution in [1.82, 2.24) is 9.29 Å². The third-order valence-corrected chi connectivity index (χ3v) is 5.17. The second kappa shape index (κ2) is 4.75. The topological polar surface area (TPSA) is 53.2 Å². The molecule has 1 N–H and O–H groups in total. The number of benzene rings is 1. The summed E-state index contributed by atoms with van der Waals surface area (Å²) < 4.78 is 24.6. The molecule has 1 aromatic carbocycles. The highest BCUT2D eigenvalue weighted by Gasteiger charge is 2.21. The molecule has 0 spiro atoms. The number of aromatic nitrogens is 1. The van der Waals surface area contributed by atoms with Crippen molar-refractivity contribution in [3.8, 4) is 0 Å². The fourth-order valence-electron chi connectivity index (χ4n) is 2.82. The molecule has 106 valence electrons. The highest BCUT2D eigenvalue weighted by atomic mass is 32.2. The first-order valence-corrected chi connectivity index (χ1v) is 8.53. The first kappa shape index (κ1) is 13.4. The molecule has 0 saturated heterocycles. The van der Waals surface area contributed by atoms with Gasteiger partial charge in [-0.3, -0.25) is 0 Å². The number of rotatable bonds is 2. The van der Waals surface area contributed by atoms with Crippen molar-refractivity contribution < 1.29 is 8.42 Å². The van der Waals surface area contributed by atoms with Gasteiger partial charge in [0.25, 0.3) is 0 Å². The molecular formula is C15H18N2O2S. The fourth-order valence-corrected chi connectivity index (χ4v) is 3.59. The van der Waals surface area contributed by atoms with E-state index in [1.807, 2.05) is 18.3 Å². The number of hydrogen-bond donors (Lipinski definition) is 1. The van der Waals surface area contributed by atoms with Gasteiger partial charge in [-0.2, -0.15) is 4.31 Å². The van der Waals surface area contributed by atoms with Crippen LogP contribution in [0.2, 0.25) is 0 Å². The second-order valence-corrected chi connectivity index (χ2v) is 7.28. The molecule has 0 bridgehead atoms. The second-order valence-electron chi connectivity index (χ2n) is 5.30. The monoisotopic (exact) mass is 290 g/mol. The van der Waals surface area contributed by atoms with Gasteiger partial charge in [-0.15, -0.1) is 0 Å². The number of aromatic amines is 1. The Hall–Kier alpha value is -1.59.